The lowest BCUT2D eigenvalue weighted by Crippen LogP contribution is -2.46. The van der Waals surface area contributed by atoms with E-state index in [4.69, 9.17) is 4.98 Å². The van der Waals surface area contributed by atoms with Crippen molar-refractivity contribution >= 4 is 5.91 Å². The second-order valence-electron chi connectivity index (χ2n) is 6.65. The summed E-state index contributed by atoms with van der Waals surface area (Å²) in [4.78, 5) is 21.6. The maximum absolute atomic E-state index is 12.7. The molecule has 21 heavy (non-hydrogen) atoms. The van der Waals surface area contributed by atoms with Crippen molar-refractivity contribution in [2.45, 2.75) is 51.6 Å². The van der Waals surface area contributed by atoms with Gasteiger partial charge in [-0.15, -0.1) is 0 Å². The minimum Gasteiger partial charge on any atom is -0.337 e. The van der Waals surface area contributed by atoms with Gasteiger partial charge in [-0.1, -0.05) is 19.9 Å². The van der Waals surface area contributed by atoms with E-state index >= 15 is 0 Å². The van der Waals surface area contributed by atoms with Gasteiger partial charge in [-0.25, -0.2) is 0 Å². The SMILES string of the molecule is CC(C)c1ccc2c(n1)CCN(C(=O)[C@H]1CCCN1C)C2. The molecule has 2 aliphatic heterocycles. The molecule has 0 spiro atoms. The highest BCUT2D eigenvalue weighted by molar-refractivity contribution is 5.82. The molecular weight excluding hydrogens is 262 g/mol. The van der Waals surface area contributed by atoms with E-state index in [1.165, 1.54) is 11.3 Å². The molecule has 0 unspecified atom stereocenters. The summed E-state index contributed by atoms with van der Waals surface area (Å²) in [6.07, 6.45) is 3.03. The van der Waals surface area contributed by atoms with Crippen LogP contribution in [0, 0.1) is 0 Å². The Bertz CT molecular complexity index is 541. The van der Waals surface area contributed by atoms with Crippen LogP contribution in [0.4, 0.5) is 0 Å². The zero-order chi connectivity index (χ0) is 15.0. The molecule has 0 radical (unpaired) electrons. The maximum atomic E-state index is 12.7. The first-order valence-corrected chi connectivity index (χ1v) is 8.04. The summed E-state index contributed by atoms with van der Waals surface area (Å²) in [5.41, 5.74) is 3.56. The molecule has 4 heteroatoms. The molecule has 1 atom stereocenters. The van der Waals surface area contributed by atoms with Gasteiger partial charge in [-0.2, -0.15) is 0 Å². The Hall–Kier alpha value is -1.42. The lowest BCUT2D eigenvalue weighted by atomic mass is 10.0. The first-order valence-electron chi connectivity index (χ1n) is 8.04. The van der Waals surface area contributed by atoms with Gasteiger partial charge in [0.1, 0.15) is 0 Å². The Morgan fingerprint density at radius 1 is 1.33 bits per heavy atom. The quantitative estimate of drug-likeness (QED) is 0.836. The fourth-order valence-corrected chi connectivity index (χ4v) is 3.38. The Kier molecular flexibility index (Phi) is 3.98. The molecule has 3 rings (SSSR count). The number of carbonyl (C=O) groups excluding carboxylic acids is 1. The zero-order valence-corrected chi connectivity index (χ0v) is 13.3. The highest BCUT2D eigenvalue weighted by Crippen LogP contribution is 2.24. The van der Waals surface area contributed by atoms with Crippen LogP contribution in [0.1, 0.15) is 49.6 Å². The third kappa shape index (κ3) is 2.82. The summed E-state index contributed by atoms with van der Waals surface area (Å²) in [5, 5.41) is 0. The number of likely N-dealkylation sites (N-methyl/N-ethyl adjacent to an activating group) is 1. The van der Waals surface area contributed by atoms with E-state index in [2.05, 4.69) is 37.9 Å². The van der Waals surface area contributed by atoms with E-state index in [0.29, 0.717) is 11.8 Å². The number of aromatic nitrogens is 1. The average molecular weight is 287 g/mol. The third-order valence-electron chi connectivity index (χ3n) is 4.78. The van der Waals surface area contributed by atoms with Gasteiger partial charge in [0.05, 0.1) is 6.04 Å². The Balaban J connectivity index is 1.74. The largest absolute Gasteiger partial charge is 0.337 e. The first kappa shape index (κ1) is 14.5. The van der Waals surface area contributed by atoms with Crippen LogP contribution in [0.5, 0.6) is 0 Å². The van der Waals surface area contributed by atoms with E-state index < -0.39 is 0 Å². The minimum atomic E-state index is 0.0921. The first-order chi connectivity index (χ1) is 10.1. The second-order valence-corrected chi connectivity index (χ2v) is 6.65. The van der Waals surface area contributed by atoms with Crippen molar-refractivity contribution in [3.8, 4) is 0 Å². The van der Waals surface area contributed by atoms with Crippen molar-refractivity contribution in [1.29, 1.82) is 0 Å². The number of fused-ring (bicyclic) bond motifs is 1. The van der Waals surface area contributed by atoms with Crippen molar-refractivity contribution in [3.05, 3.63) is 29.1 Å². The molecule has 0 aromatic carbocycles. The van der Waals surface area contributed by atoms with E-state index in [9.17, 15) is 4.79 Å². The molecule has 4 nitrogen and oxygen atoms in total. The number of rotatable bonds is 2. The summed E-state index contributed by atoms with van der Waals surface area (Å²) in [5.74, 6) is 0.760. The van der Waals surface area contributed by atoms with Crippen LogP contribution in [-0.4, -0.2) is 46.9 Å². The average Bonchev–Trinajstić information content (AvgIpc) is 2.91. The molecule has 1 fully saturated rings. The predicted molar refractivity (Wildman–Crippen MR) is 83.1 cm³/mol. The molecule has 0 bridgehead atoms. The van der Waals surface area contributed by atoms with E-state index in [1.807, 2.05) is 4.90 Å². The van der Waals surface area contributed by atoms with Gasteiger partial charge in [-0.05, 0) is 44.0 Å². The topological polar surface area (TPSA) is 36.4 Å². The highest BCUT2D eigenvalue weighted by atomic mass is 16.2. The molecule has 1 saturated heterocycles. The lowest BCUT2D eigenvalue weighted by Gasteiger charge is -2.32. The molecule has 0 N–H and O–H groups in total. The predicted octanol–water partition coefficient (Wildman–Crippen LogP) is 2.18. The van der Waals surface area contributed by atoms with Crippen LogP contribution in [0.2, 0.25) is 0 Å². The van der Waals surface area contributed by atoms with Crippen molar-refractivity contribution < 1.29 is 4.79 Å². The number of pyridine rings is 1. The molecule has 1 aromatic rings. The second kappa shape index (κ2) is 5.76. The van der Waals surface area contributed by atoms with Crippen molar-refractivity contribution in [1.82, 2.24) is 14.8 Å². The van der Waals surface area contributed by atoms with Gasteiger partial charge in [0.25, 0.3) is 0 Å². The third-order valence-corrected chi connectivity index (χ3v) is 4.78. The van der Waals surface area contributed by atoms with Crippen LogP contribution in [-0.2, 0) is 17.8 Å². The number of amides is 1. The molecule has 1 aromatic heterocycles. The number of hydrogen-bond donors (Lipinski definition) is 0. The summed E-state index contributed by atoms with van der Waals surface area (Å²) in [7, 11) is 2.06. The highest BCUT2D eigenvalue weighted by Gasteiger charge is 2.32. The molecule has 0 aliphatic carbocycles. The number of nitrogens with zero attached hydrogens (tertiary/aromatic N) is 3. The van der Waals surface area contributed by atoms with E-state index in [0.717, 1.165) is 44.6 Å². The summed E-state index contributed by atoms with van der Waals surface area (Å²) < 4.78 is 0. The van der Waals surface area contributed by atoms with Crippen LogP contribution < -0.4 is 0 Å². The smallest absolute Gasteiger partial charge is 0.240 e. The Labute approximate surface area is 127 Å². The van der Waals surface area contributed by atoms with Gasteiger partial charge in [0, 0.05) is 30.9 Å². The van der Waals surface area contributed by atoms with Crippen LogP contribution >= 0.6 is 0 Å². The molecular formula is C17H25N3O. The Morgan fingerprint density at radius 2 is 2.14 bits per heavy atom. The summed E-state index contributed by atoms with van der Waals surface area (Å²) >= 11 is 0. The van der Waals surface area contributed by atoms with Gasteiger partial charge < -0.3 is 4.90 Å². The molecule has 3 heterocycles. The monoisotopic (exact) mass is 287 g/mol. The van der Waals surface area contributed by atoms with Gasteiger partial charge in [-0.3, -0.25) is 14.7 Å². The van der Waals surface area contributed by atoms with Crippen LogP contribution in [0.25, 0.3) is 0 Å². The normalized spacial score (nSPS) is 22.7. The fraction of sp³-hybridized carbons (Fsp3) is 0.647. The number of carbonyl (C=O) groups is 1. The number of likely N-dealkylation sites (tertiary alicyclic amines) is 1. The standard InChI is InChI=1S/C17H25N3O/c1-12(2)14-7-6-13-11-20(10-8-15(13)18-14)17(21)16-5-4-9-19(16)3/h6-7,12,16H,4-5,8-11H2,1-3H3/t16-/m1/s1. The zero-order valence-electron chi connectivity index (χ0n) is 13.3. The van der Waals surface area contributed by atoms with Crippen molar-refractivity contribution in [2.24, 2.45) is 0 Å². The minimum absolute atomic E-state index is 0.0921. The van der Waals surface area contributed by atoms with Gasteiger partial charge in [0.2, 0.25) is 5.91 Å². The molecule has 1 amide bonds. The summed E-state index contributed by atoms with van der Waals surface area (Å²) in [6, 6.07) is 4.36. The maximum Gasteiger partial charge on any atom is 0.240 e. The van der Waals surface area contributed by atoms with Crippen molar-refractivity contribution in [3.63, 3.8) is 0 Å². The number of hydrogen-bond acceptors (Lipinski definition) is 3. The fourth-order valence-electron chi connectivity index (χ4n) is 3.38. The van der Waals surface area contributed by atoms with E-state index in [1.54, 1.807) is 0 Å². The van der Waals surface area contributed by atoms with E-state index in [-0.39, 0.29) is 6.04 Å². The van der Waals surface area contributed by atoms with Crippen LogP contribution in [0.3, 0.4) is 0 Å². The van der Waals surface area contributed by atoms with Gasteiger partial charge >= 0.3 is 0 Å². The van der Waals surface area contributed by atoms with Gasteiger partial charge in [0.15, 0.2) is 0 Å². The molecule has 114 valence electrons. The lowest BCUT2D eigenvalue weighted by molar-refractivity contribution is -0.136. The van der Waals surface area contributed by atoms with Crippen LogP contribution in [0.15, 0.2) is 12.1 Å². The molecule has 0 saturated carbocycles. The van der Waals surface area contributed by atoms with Crippen molar-refractivity contribution in [2.75, 3.05) is 20.1 Å². The molecule has 2 aliphatic rings. The Morgan fingerprint density at radius 3 is 2.81 bits per heavy atom. The summed E-state index contributed by atoms with van der Waals surface area (Å²) in [6.45, 7) is 6.92.